The largest absolute Gasteiger partial charge is 0.368 e. The first kappa shape index (κ1) is 11.8. The van der Waals surface area contributed by atoms with Crippen LogP contribution in [0.1, 0.15) is 19.3 Å². The zero-order chi connectivity index (χ0) is 11.8. The number of nitrogens with zero attached hydrogens (tertiary/aromatic N) is 2. The highest BCUT2D eigenvalue weighted by molar-refractivity contribution is 9.11. The molecule has 2 N–H and O–H groups in total. The van der Waals surface area contributed by atoms with E-state index in [1.165, 1.54) is 36.1 Å². The van der Waals surface area contributed by atoms with Gasteiger partial charge in [-0.3, -0.25) is 4.90 Å². The molecule has 0 spiro atoms. The summed E-state index contributed by atoms with van der Waals surface area (Å²) in [5.41, 5.74) is 7.26. The van der Waals surface area contributed by atoms with Gasteiger partial charge in [-0.25, -0.2) is 0 Å². The molecule has 0 aromatic rings. The molecule has 94 valence electrons. The van der Waals surface area contributed by atoms with Crippen molar-refractivity contribution in [3.8, 4) is 0 Å². The van der Waals surface area contributed by atoms with Crippen LogP contribution in [-0.2, 0) is 0 Å². The molecule has 3 rings (SSSR count). The standard InChI is InChI=1S/C13H20BrN3/c14-11-4-1-5-12-13(11)17-7-2-3-10(17)9-16(12)8-6-15/h1,4,10,12H,2-3,5-9,15H2/t10-,12-/m0/s1. The second-order valence-electron chi connectivity index (χ2n) is 5.16. The third-order valence-corrected chi connectivity index (χ3v) is 4.84. The summed E-state index contributed by atoms with van der Waals surface area (Å²) >= 11 is 3.74. The number of rotatable bonds is 2. The molecule has 0 saturated carbocycles. The lowest BCUT2D eigenvalue weighted by Crippen LogP contribution is -2.56. The summed E-state index contributed by atoms with van der Waals surface area (Å²) in [6.07, 6.45) is 8.29. The average Bonchev–Trinajstić information content (AvgIpc) is 2.77. The molecule has 0 bridgehead atoms. The van der Waals surface area contributed by atoms with Crippen molar-refractivity contribution < 1.29 is 0 Å². The molecular formula is C13H20BrN3. The second kappa shape index (κ2) is 4.75. The van der Waals surface area contributed by atoms with Crippen LogP contribution < -0.4 is 5.73 Å². The summed E-state index contributed by atoms with van der Waals surface area (Å²) in [4.78, 5) is 5.21. The van der Waals surface area contributed by atoms with Gasteiger partial charge in [0.15, 0.2) is 0 Å². The Morgan fingerprint density at radius 1 is 1.47 bits per heavy atom. The van der Waals surface area contributed by atoms with Crippen molar-refractivity contribution in [1.82, 2.24) is 9.80 Å². The van der Waals surface area contributed by atoms with Gasteiger partial charge in [0, 0.05) is 42.4 Å². The van der Waals surface area contributed by atoms with Crippen LogP contribution in [0.2, 0.25) is 0 Å². The van der Waals surface area contributed by atoms with Crippen molar-refractivity contribution in [2.45, 2.75) is 31.3 Å². The second-order valence-corrected chi connectivity index (χ2v) is 6.01. The maximum Gasteiger partial charge on any atom is 0.0544 e. The molecule has 2 saturated heterocycles. The van der Waals surface area contributed by atoms with Crippen LogP contribution in [0, 0.1) is 0 Å². The Balaban J connectivity index is 1.93. The van der Waals surface area contributed by atoms with Crippen molar-refractivity contribution in [2.24, 2.45) is 5.73 Å². The molecule has 2 aliphatic heterocycles. The summed E-state index contributed by atoms with van der Waals surface area (Å²) in [5.74, 6) is 0. The van der Waals surface area contributed by atoms with E-state index in [0.29, 0.717) is 12.1 Å². The first-order valence-electron chi connectivity index (χ1n) is 6.58. The van der Waals surface area contributed by atoms with Crippen LogP contribution >= 0.6 is 15.9 Å². The first-order valence-corrected chi connectivity index (χ1v) is 7.37. The molecule has 1 aliphatic carbocycles. The Morgan fingerprint density at radius 3 is 3.18 bits per heavy atom. The minimum atomic E-state index is 0.548. The fraction of sp³-hybridized carbons (Fsp3) is 0.692. The van der Waals surface area contributed by atoms with Crippen LogP contribution in [0.25, 0.3) is 0 Å². The Morgan fingerprint density at radius 2 is 2.35 bits per heavy atom. The van der Waals surface area contributed by atoms with Gasteiger partial charge in [0.1, 0.15) is 0 Å². The molecule has 0 aromatic carbocycles. The minimum absolute atomic E-state index is 0.548. The maximum absolute atomic E-state index is 5.75. The van der Waals surface area contributed by atoms with E-state index in [0.717, 1.165) is 19.5 Å². The predicted octanol–water partition coefficient (Wildman–Crippen LogP) is 1.66. The van der Waals surface area contributed by atoms with Crippen molar-refractivity contribution in [1.29, 1.82) is 0 Å². The average molecular weight is 298 g/mol. The van der Waals surface area contributed by atoms with E-state index >= 15 is 0 Å². The Hall–Kier alpha value is -0.320. The van der Waals surface area contributed by atoms with E-state index < -0.39 is 0 Å². The molecule has 0 radical (unpaired) electrons. The molecule has 0 unspecified atom stereocenters. The molecule has 0 amide bonds. The van der Waals surface area contributed by atoms with E-state index in [9.17, 15) is 0 Å². The number of hydrogen-bond donors (Lipinski definition) is 1. The molecule has 2 atom stereocenters. The highest BCUT2D eigenvalue weighted by Gasteiger charge is 2.40. The predicted molar refractivity (Wildman–Crippen MR) is 73.9 cm³/mol. The van der Waals surface area contributed by atoms with Gasteiger partial charge in [0.05, 0.1) is 6.04 Å². The number of nitrogens with two attached hydrogens (primary N) is 1. The zero-order valence-electron chi connectivity index (χ0n) is 10.1. The van der Waals surface area contributed by atoms with E-state index in [1.54, 1.807) is 0 Å². The third kappa shape index (κ3) is 1.96. The Labute approximate surface area is 111 Å². The number of halogens is 1. The van der Waals surface area contributed by atoms with Gasteiger partial charge in [-0.15, -0.1) is 0 Å². The zero-order valence-corrected chi connectivity index (χ0v) is 11.7. The van der Waals surface area contributed by atoms with Crippen LogP contribution in [0.3, 0.4) is 0 Å². The number of piperazine rings is 1. The highest BCUT2D eigenvalue weighted by Crippen LogP contribution is 2.38. The number of fused-ring (bicyclic) bond motifs is 3. The van der Waals surface area contributed by atoms with Crippen LogP contribution in [0.5, 0.6) is 0 Å². The third-order valence-electron chi connectivity index (χ3n) is 4.17. The monoisotopic (exact) mass is 297 g/mol. The molecule has 0 aromatic heterocycles. The SMILES string of the molecule is NCCN1C[C@@H]2CCCN2C2=C(Br)C=CC[C@@H]21. The fourth-order valence-corrected chi connectivity index (χ4v) is 4.14. The normalized spacial score (nSPS) is 32.9. The maximum atomic E-state index is 5.75. The van der Waals surface area contributed by atoms with Crippen molar-refractivity contribution >= 4 is 15.9 Å². The molecule has 2 fully saturated rings. The molecule has 2 heterocycles. The summed E-state index contributed by atoms with van der Waals surface area (Å²) in [6.45, 7) is 4.21. The number of hydrogen-bond acceptors (Lipinski definition) is 3. The fourth-order valence-electron chi connectivity index (χ4n) is 3.46. The summed E-state index contributed by atoms with van der Waals surface area (Å²) in [6, 6.07) is 1.26. The van der Waals surface area contributed by atoms with Crippen LogP contribution in [-0.4, -0.2) is 48.1 Å². The first-order chi connectivity index (χ1) is 8.31. The van der Waals surface area contributed by atoms with Gasteiger partial charge in [-0.05, 0) is 35.2 Å². The smallest absolute Gasteiger partial charge is 0.0544 e. The van der Waals surface area contributed by atoms with Crippen LogP contribution in [0.4, 0.5) is 0 Å². The summed E-state index contributed by atoms with van der Waals surface area (Å²) in [5, 5.41) is 0. The van der Waals surface area contributed by atoms with E-state index in [-0.39, 0.29) is 0 Å². The molecule has 3 nitrogen and oxygen atoms in total. The molecule has 3 aliphatic rings. The molecular weight excluding hydrogens is 278 g/mol. The molecule has 17 heavy (non-hydrogen) atoms. The van der Waals surface area contributed by atoms with Crippen molar-refractivity contribution in [2.75, 3.05) is 26.2 Å². The highest BCUT2D eigenvalue weighted by atomic mass is 79.9. The van der Waals surface area contributed by atoms with Gasteiger partial charge in [-0.1, -0.05) is 12.2 Å². The number of allylic oxidation sites excluding steroid dienone is 2. The van der Waals surface area contributed by atoms with E-state index in [1.807, 2.05) is 0 Å². The van der Waals surface area contributed by atoms with Crippen LogP contribution in [0.15, 0.2) is 22.3 Å². The van der Waals surface area contributed by atoms with Gasteiger partial charge < -0.3 is 10.6 Å². The lowest BCUT2D eigenvalue weighted by atomic mass is 9.96. The lowest BCUT2D eigenvalue weighted by Gasteiger charge is -2.47. The molecule has 4 heteroatoms. The van der Waals surface area contributed by atoms with E-state index in [2.05, 4.69) is 37.9 Å². The van der Waals surface area contributed by atoms with E-state index in [4.69, 9.17) is 5.73 Å². The Bertz CT molecular complexity index is 364. The topological polar surface area (TPSA) is 32.5 Å². The van der Waals surface area contributed by atoms with Gasteiger partial charge >= 0.3 is 0 Å². The van der Waals surface area contributed by atoms with Gasteiger partial charge in [0.2, 0.25) is 0 Å². The van der Waals surface area contributed by atoms with Crippen molar-refractivity contribution in [3.05, 3.63) is 22.3 Å². The minimum Gasteiger partial charge on any atom is -0.368 e. The lowest BCUT2D eigenvalue weighted by molar-refractivity contribution is 0.0960. The Kier molecular flexibility index (Phi) is 3.28. The van der Waals surface area contributed by atoms with Crippen molar-refractivity contribution in [3.63, 3.8) is 0 Å². The summed E-state index contributed by atoms with van der Waals surface area (Å²) in [7, 11) is 0. The quantitative estimate of drug-likeness (QED) is 0.841. The van der Waals surface area contributed by atoms with Gasteiger partial charge in [0.25, 0.3) is 0 Å². The summed E-state index contributed by atoms with van der Waals surface area (Å²) < 4.78 is 1.28. The van der Waals surface area contributed by atoms with Gasteiger partial charge in [-0.2, -0.15) is 0 Å².